The first kappa shape index (κ1) is 17.0. The van der Waals surface area contributed by atoms with Crippen molar-refractivity contribution in [3.8, 4) is 0 Å². The third kappa shape index (κ3) is 5.92. The van der Waals surface area contributed by atoms with Crippen LogP contribution < -0.4 is 5.32 Å². The highest BCUT2D eigenvalue weighted by Crippen LogP contribution is 2.14. The van der Waals surface area contributed by atoms with Gasteiger partial charge in [-0.2, -0.15) is 0 Å². The van der Waals surface area contributed by atoms with Gasteiger partial charge in [-0.05, 0) is 30.5 Å². The highest BCUT2D eigenvalue weighted by molar-refractivity contribution is 7.99. The molecule has 0 fully saturated rings. The zero-order chi connectivity index (χ0) is 15.0. The highest BCUT2D eigenvalue weighted by Gasteiger charge is 2.22. The summed E-state index contributed by atoms with van der Waals surface area (Å²) < 4.78 is 12.7. The maximum atomic E-state index is 12.7. The smallest absolute Gasteiger partial charge is 0.230 e. The van der Waals surface area contributed by atoms with E-state index in [-0.39, 0.29) is 18.3 Å². The Labute approximate surface area is 124 Å². The molecule has 112 valence electrons. The lowest BCUT2D eigenvalue weighted by Gasteiger charge is -2.25. The molecule has 20 heavy (non-hydrogen) atoms. The van der Waals surface area contributed by atoms with Crippen molar-refractivity contribution in [2.75, 3.05) is 12.3 Å². The Balaban J connectivity index is 2.25. The standard InChI is InChI=1S/C15H22FNO2S/c1-3-15(19,4-2)11-17-14(18)10-20-9-12-5-7-13(16)8-6-12/h5-8,19H,3-4,9-11H2,1-2H3,(H,17,18). The van der Waals surface area contributed by atoms with Crippen molar-refractivity contribution in [1.29, 1.82) is 0 Å². The van der Waals surface area contributed by atoms with Crippen LogP contribution >= 0.6 is 11.8 Å². The lowest BCUT2D eigenvalue weighted by Crippen LogP contribution is -2.42. The number of carbonyl (C=O) groups is 1. The van der Waals surface area contributed by atoms with Gasteiger partial charge in [0.15, 0.2) is 0 Å². The molecule has 5 heteroatoms. The SMILES string of the molecule is CCC(O)(CC)CNC(=O)CSCc1ccc(F)cc1. The van der Waals surface area contributed by atoms with Crippen molar-refractivity contribution >= 4 is 17.7 Å². The number of nitrogens with one attached hydrogen (secondary N) is 1. The van der Waals surface area contributed by atoms with Crippen LogP contribution in [0.2, 0.25) is 0 Å². The van der Waals surface area contributed by atoms with E-state index >= 15 is 0 Å². The van der Waals surface area contributed by atoms with Gasteiger partial charge in [0.25, 0.3) is 0 Å². The van der Waals surface area contributed by atoms with Crippen molar-refractivity contribution < 1.29 is 14.3 Å². The van der Waals surface area contributed by atoms with Crippen LogP contribution in [0.4, 0.5) is 4.39 Å². The zero-order valence-corrected chi connectivity index (χ0v) is 12.8. The van der Waals surface area contributed by atoms with Crippen LogP contribution in [-0.4, -0.2) is 28.9 Å². The minimum absolute atomic E-state index is 0.0857. The fraction of sp³-hybridized carbons (Fsp3) is 0.533. The molecule has 0 radical (unpaired) electrons. The summed E-state index contributed by atoms with van der Waals surface area (Å²) in [5.74, 6) is 0.660. The van der Waals surface area contributed by atoms with Crippen LogP contribution in [0.5, 0.6) is 0 Å². The monoisotopic (exact) mass is 299 g/mol. The predicted octanol–water partition coefficient (Wildman–Crippen LogP) is 2.73. The van der Waals surface area contributed by atoms with E-state index in [1.54, 1.807) is 12.1 Å². The molecule has 0 aliphatic rings. The molecule has 0 unspecified atom stereocenters. The number of amides is 1. The van der Waals surface area contributed by atoms with Gasteiger partial charge in [-0.25, -0.2) is 4.39 Å². The number of aliphatic hydroxyl groups is 1. The number of benzene rings is 1. The highest BCUT2D eigenvalue weighted by atomic mass is 32.2. The van der Waals surface area contributed by atoms with Crippen molar-refractivity contribution in [3.05, 3.63) is 35.6 Å². The summed E-state index contributed by atoms with van der Waals surface area (Å²) >= 11 is 1.47. The Bertz CT molecular complexity index is 418. The summed E-state index contributed by atoms with van der Waals surface area (Å²) in [6.07, 6.45) is 1.24. The van der Waals surface area contributed by atoms with Gasteiger partial charge in [0.1, 0.15) is 5.82 Å². The zero-order valence-electron chi connectivity index (χ0n) is 12.0. The Morgan fingerprint density at radius 1 is 1.30 bits per heavy atom. The molecule has 1 amide bonds. The minimum atomic E-state index is -0.808. The fourth-order valence-electron chi connectivity index (χ4n) is 1.66. The molecule has 0 aliphatic heterocycles. The van der Waals surface area contributed by atoms with Gasteiger partial charge < -0.3 is 10.4 Å². The molecule has 0 aromatic heterocycles. The summed E-state index contributed by atoms with van der Waals surface area (Å²) in [7, 11) is 0. The van der Waals surface area contributed by atoms with E-state index in [0.717, 1.165) is 5.56 Å². The summed E-state index contributed by atoms with van der Waals surface area (Å²) in [6, 6.07) is 6.26. The van der Waals surface area contributed by atoms with Gasteiger partial charge in [0, 0.05) is 12.3 Å². The predicted molar refractivity (Wildman–Crippen MR) is 81.1 cm³/mol. The molecule has 0 saturated carbocycles. The normalized spacial score (nSPS) is 11.4. The molecule has 1 rings (SSSR count). The molecule has 0 heterocycles. The Hall–Kier alpha value is -1.07. The molecule has 1 aromatic carbocycles. The number of hydrogen-bond donors (Lipinski definition) is 2. The second kappa shape index (κ2) is 8.27. The van der Waals surface area contributed by atoms with Crippen LogP contribution in [0, 0.1) is 5.82 Å². The summed E-state index contributed by atoms with van der Waals surface area (Å²) in [5, 5.41) is 12.8. The Kier molecular flexibility index (Phi) is 7.02. The van der Waals surface area contributed by atoms with E-state index in [9.17, 15) is 14.3 Å². The maximum absolute atomic E-state index is 12.7. The second-order valence-electron chi connectivity index (χ2n) is 4.83. The average Bonchev–Trinajstić information content (AvgIpc) is 2.47. The van der Waals surface area contributed by atoms with Gasteiger partial charge in [0.05, 0.1) is 11.4 Å². The lowest BCUT2D eigenvalue weighted by molar-refractivity contribution is -0.119. The van der Waals surface area contributed by atoms with E-state index < -0.39 is 5.60 Å². The van der Waals surface area contributed by atoms with Gasteiger partial charge in [-0.15, -0.1) is 11.8 Å². The fourth-order valence-corrected chi connectivity index (χ4v) is 2.47. The molecule has 3 nitrogen and oxygen atoms in total. The largest absolute Gasteiger partial charge is 0.388 e. The molecular formula is C15H22FNO2S. The molecule has 0 atom stereocenters. The number of carbonyl (C=O) groups excluding carboxylic acids is 1. The van der Waals surface area contributed by atoms with E-state index in [0.29, 0.717) is 24.3 Å². The van der Waals surface area contributed by atoms with Gasteiger partial charge >= 0.3 is 0 Å². The van der Waals surface area contributed by atoms with Crippen molar-refractivity contribution in [3.63, 3.8) is 0 Å². The molecule has 0 spiro atoms. The van der Waals surface area contributed by atoms with Crippen molar-refractivity contribution in [1.82, 2.24) is 5.32 Å². The lowest BCUT2D eigenvalue weighted by atomic mass is 9.98. The summed E-state index contributed by atoms with van der Waals surface area (Å²) in [5.41, 5.74) is 0.180. The van der Waals surface area contributed by atoms with E-state index in [4.69, 9.17) is 0 Å². The number of rotatable bonds is 8. The second-order valence-corrected chi connectivity index (χ2v) is 5.81. The number of thioether (sulfide) groups is 1. The van der Waals surface area contributed by atoms with Gasteiger partial charge in [0.2, 0.25) is 5.91 Å². The Morgan fingerprint density at radius 3 is 2.45 bits per heavy atom. The number of halogens is 1. The molecule has 0 saturated heterocycles. The maximum Gasteiger partial charge on any atom is 0.230 e. The molecule has 2 N–H and O–H groups in total. The van der Waals surface area contributed by atoms with E-state index in [2.05, 4.69) is 5.32 Å². The third-order valence-electron chi connectivity index (χ3n) is 3.35. The third-order valence-corrected chi connectivity index (χ3v) is 4.35. The first-order valence-corrected chi connectivity index (χ1v) is 7.96. The summed E-state index contributed by atoms with van der Waals surface area (Å²) in [6.45, 7) is 4.09. The van der Waals surface area contributed by atoms with Crippen LogP contribution in [0.25, 0.3) is 0 Å². The van der Waals surface area contributed by atoms with Gasteiger partial charge in [-0.3, -0.25) is 4.79 Å². The first-order chi connectivity index (χ1) is 9.49. The molecular weight excluding hydrogens is 277 g/mol. The first-order valence-electron chi connectivity index (χ1n) is 6.80. The van der Waals surface area contributed by atoms with Crippen molar-refractivity contribution in [2.24, 2.45) is 0 Å². The van der Waals surface area contributed by atoms with Gasteiger partial charge in [-0.1, -0.05) is 26.0 Å². The van der Waals surface area contributed by atoms with Crippen LogP contribution in [0.15, 0.2) is 24.3 Å². The average molecular weight is 299 g/mol. The molecule has 1 aromatic rings. The summed E-state index contributed by atoms with van der Waals surface area (Å²) in [4.78, 5) is 11.7. The Morgan fingerprint density at radius 2 is 1.90 bits per heavy atom. The minimum Gasteiger partial charge on any atom is -0.388 e. The molecule has 0 bridgehead atoms. The quantitative estimate of drug-likeness (QED) is 0.776. The van der Waals surface area contributed by atoms with Crippen molar-refractivity contribution in [2.45, 2.75) is 38.0 Å². The van der Waals surface area contributed by atoms with Crippen LogP contribution in [0.1, 0.15) is 32.3 Å². The molecule has 0 aliphatic carbocycles. The van der Waals surface area contributed by atoms with Crippen LogP contribution in [0.3, 0.4) is 0 Å². The number of hydrogen-bond acceptors (Lipinski definition) is 3. The van der Waals surface area contributed by atoms with E-state index in [1.807, 2.05) is 13.8 Å². The topological polar surface area (TPSA) is 49.3 Å². The van der Waals surface area contributed by atoms with Crippen LogP contribution in [-0.2, 0) is 10.5 Å². The van der Waals surface area contributed by atoms with E-state index in [1.165, 1.54) is 23.9 Å².